The first kappa shape index (κ1) is 45.0. The van der Waals surface area contributed by atoms with Gasteiger partial charge in [-0.3, -0.25) is 4.79 Å². The maximum atomic E-state index is 12.0. The highest BCUT2D eigenvalue weighted by molar-refractivity contribution is 6.32. The van der Waals surface area contributed by atoms with Crippen LogP contribution in [0.1, 0.15) is 6.42 Å². The third-order valence-electron chi connectivity index (χ3n) is 9.55. The summed E-state index contributed by atoms with van der Waals surface area (Å²) in [7, 11) is 0. The molecule has 4 rings (SSSR count). The fourth-order valence-electron chi connectivity index (χ4n) is 6.43. The highest BCUT2D eigenvalue weighted by Gasteiger charge is 2.57. The molecular formula is C29H48O25. The van der Waals surface area contributed by atoms with E-state index >= 15 is 0 Å². The smallest absolute Gasteiger partial charge is 0.372 e. The van der Waals surface area contributed by atoms with Crippen LogP contribution in [0.25, 0.3) is 0 Å². The lowest BCUT2D eigenvalue weighted by atomic mass is 9.92. The Bertz CT molecular complexity index is 1210. The van der Waals surface area contributed by atoms with Gasteiger partial charge in [-0.05, 0) is 0 Å². The molecule has 0 amide bonds. The first-order valence-corrected chi connectivity index (χ1v) is 16.7. The molecule has 4 saturated heterocycles. The van der Waals surface area contributed by atoms with Crippen LogP contribution in [-0.2, 0) is 42.7 Å². The van der Waals surface area contributed by atoms with Crippen molar-refractivity contribution in [3.63, 3.8) is 0 Å². The van der Waals surface area contributed by atoms with Crippen LogP contribution in [0.5, 0.6) is 0 Å². The average Bonchev–Trinajstić information content (AvgIpc) is 3.15. The topological polar surface area (TPSA) is 422 Å². The standard InChI is InChI=1S/C29H48O25/c30-2-7(34)20-14(40)13(39)17(43)27(49-20)54-25-16(42)15(41)21(8(35)3-31)51-29(25)53-24-18(44)22(9(36)4-32)50-28(19(24)45)52-23-11(1-6(33)26(46)47)48-5-10(37)12(23)38/h7-25,27-32,34-45H,1-5H2,(H,46,47)/t7-,8-,9-,10+,11+,12+,13-,14-,15-,16-,17-,18+,19-,20+,21+,22+,23+,24-,25-,27+,28+,29+/m0/s1. The van der Waals surface area contributed by atoms with Gasteiger partial charge in [0.2, 0.25) is 5.78 Å². The van der Waals surface area contributed by atoms with Crippen LogP contribution in [0.4, 0.5) is 0 Å². The summed E-state index contributed by atoms with van der Waals surface area (Å²) in [4.78, 5) is 23.2. The Morgan fingerprint density at radius 1 is 0.537 bits per heavy atom. The SMILES string of the molecule is O=C(O)C(=O)C[C@H]1OC[C@@H](O)[C@@H](O)[C@@H]1O[C@H]1O[C@H]([C@@H](O)CO)[C@@H](O)[C@H](O[C@H]2O[C@H]([C@@H](O)CO)[C@@H](O)[C@H](O)[C@@H]2O[C@H]2O[C@H]([C@@H](O)CO)[C@@H](O)[C@H](O)[C@@H]2O)[C@@H]1O. The lowest BCUT2D eigenvalue weighted by Crippen LogP contribution is -2.69. The molecule has 4 aliphatic heterocycles. The molecule has 0 aromatic carbocycles. The number of ketones is 1. The van der Waals surface area contributed by atoms with Gasteiger partial charge < -0.3 is 115 Å². The van der Waals surface area contributed by atoms with Crippen molar-refractivity contribution >= 4 is 11.8 Å². The van der Waals surface area contributed by atoms with E-state index in [0.717, 1.165) is 0 Å². The van der Waals surface area contributed by atoms with E-state index in [4.69, 9.17) is 38.3 Å². The highest BCUT2D eigenvalue weighted by atomic mass is 16.8. The maximum absolute atomic E-state index is 12.0. The molecular weight excluding hydrogens is 748 g/mol. The Morgan fingerprint density at radius 3 is 1.50 bits per heavy atom. The summed E-state index contributed by atoms with van der Waals surface area (Å²) >= 11 is 0. The summed E-state index contributed by atoms with van der Waals surface area (Å²) in [6.45, 7) is -3.78. The summed E-state index contributed by atoms with van der Waals surface area (Å²) < 4.78 is 38.6. The number of carboxylic acid groups (broad SMARTS) is 1. The number of carboxylic acids is 1. The number of carbonyl (C=O) groups excluding carboxylic acids is 1. The first-order chi connectivity index (χ1) is 25.4. The molecule has 0 aromatic heterocycles. The predicted octanol–water partition coefficient (Wildman–Crippen LogP) is -10.9. The third-order valence-corrected chi connectivity index (χ3v) is 9.55. The number of carbonyl (C=O) groups is 2. The Labute approximate surface area is 304 Å². The number of aliphatic carboxylic acids is 1. The number of hydrogen-bond donors (Lipinski definition) is 16. The molecule has 25 nitrogen and oxygen atoms in total. The minimum Gasteiger partial charge on any atom is -0.475 e. The van der Waals surface area contributed by atoms with Gasteiger partial charge in [-0.1, -0.05) is 0 Å². The number of rotatable bonds is 15. The van der Waals surface area contributed by atoms with Gasteiger partial charge in [-0.25, -0.2) is 4.79 Å². The number of aliphatic hydroxyl groups is 15. The fraction of sp³-hybridized carbons (Fsp3) is 0.931. The van der Waals surface area contributed by atoms with Crippen LogP contribution < -0.4 is 0 Å². The quantitative estimate of drug-likeness (QED) is 0.0684. The fourth-order valence-corrected chi connectivity index (χ4v) is 6.43. The Kier molecular flexibility index (Phi) is 15.9. The van der Waals surface area contributed by atoms with E-state index in [1.54, 1.807) is 0 Å². The van der Waals surface area contributed by atoms with Crippen LogP contribution in [0, 0.1) is 0 Å². The molecule has 314 valence electrons. The molecule has 0 saturated carbocycles. The van der Waals surface area contributed by atoms with Gasteiger partial charge in [0.25, 0.3) is 0 Å². The van der Waals surface area contributed by atoms with E-state index < -0.39 is 179 Å². The largest absolute Gasteiger partial charge is 0.475 e. The van der Waals surface area contributed by atoms with Crippen molar-refractivity contribution < 1.29 is 124 Å². The van der Waals surface area contributed by atoms with Crippen LogP contribution in [0.3, 0.4) is 0 Å². The van der Waals surface area contributed by atoms with Gasteiger partial charge in [0, 0.05) is 6.42 Å². The molecule has 0 aromatic rings. The lowest BCUT2D eigenvalue weighted by Gasteiger charge is -2.50. The molecule has 4 heterocycles. The Hall–Kier alpha value is -1.74. The van der Waals surface area contributed by atoms with Crippen LogP contribution in [-0.4, -0.2) is 255 Å². The zero-order valence-electron chi connectivity index (χ0n) is 28.1. The molecule has 4 aliphatic rings. The van der Waals surface area contributed by atoms with Crippen LogP contribution in [0.2, 0.25) is 0 Å². The molecule has 0 unspecified atom stereocenters. The van der Waals surface area contributed by atoms with Crippen molar-refractivity contribution in [2.24, 2.45) is 0 Å². The Balaban J connectivity index is 1.68. The van der Waals surface area contributed by atoms with Gasteiger partial charge in [0.1, 0.15) is 110 Å². The number of Topliss-reactive ketones (excluding diaryl/α,β-unsaturated/α-hetero) is 1. The van der Waals surface area contributed by atoms with Crippen LogP contribution >= 0.6 is 0 Å². The molecule has 0 radical (unpaired) electrons. The molecule has 0 aliphatic carbocycles. The van der Waals surface area contributed by atoms with Gasteiger partial charge in [0.15, 0.2) is 18.9 Å². The second-order valence-corrected chi connectivity index (χ2v) is 13.3. The normalized spacial score (nSPS) is 46.4. The Morgan fingerprint density at radius 2 is 0.981 bits per heavy atom. The van der Waals surface area contributed by atoms with Gasteiger partial charge >= 0.3 is 5.97 Å². The van der Waals surface area contributed by atoms with E-state index in [1.807, 2.05) is 0 Å². The van der Waals surface area contributed by atoms with Crippen molar-refractivity contribution in [2.75, 3.05) is 26.4 Å². The van der Waals surface area contributed by atoms with Gasteiger partial charge in [0.05, 0.1) is 32.5 Å². The van der Waals surface area contributed by atoms with E-state index in [0.29, 0.717) is 0 Å². The average molecular weight is 797 g/mol. The summed E-state index contributed by atoms with van der Waals surface area (Å²) in [5, 5.41) is 165. The van der Waals surface area contributed by atoms with Crippen molar-refractivity contribution in [3.8, 4) is 0 Å². The zero-order valence-corrected chi connectivity index (χ0v) is 28.1. The lowest BCUT2D eigenvalue weighted by molar-refractivity contribution is -0.399. The van der Waals surface area contributed by atoms with Crippen molar-refractivity contribution in [1.29, 1.82) is 0 Å². The van der Waals surface area contributed by atoms with Crippen LogP contribution in [0.15, 0.2) is 0 Å². The van der Waals surface area contributed by atoms with E-state index in [2.05, 4.69) is 0 Å². The summed E-state index contributed by atoms with van der Waals surface area (Å²) in [5.74, 6) is -3.28. The zero-order chi connectivity index (χ0) is 40.3. The molecule has 0 spiro atoms. The number of hydrogen-bond acceptors (Lipinski definition) is 24. The molecule has 0 bridgehead atoms. The summed E-state index contributed by atoms with van der Waals surface area (Å²) in [6.07, 6.45) is -45.5. The van der Waals surface area contributed by atoms with Crippen molar-refractivity contribution in [1.82, 2.24) is 0 Å². The third kappa shape index (κ3) is 9.51. The van der Waals surface area contributed by atoms with E-state index in [-0.39, 0.29) is 0 Å². The van der Waals surface area contributed by atoms with Crippen molar-refractivity contribution in [2.45, 2.75) is 141 Å². The minimum absolute atomic E-state index is 0.590. The van der Waals surface area contributed by atoms with E-state index in [9.17, 15) is 86.2 Å². The second-order valence-electron chi connectivity index (χ2n) is 13.3. The molecule has 4 fully saturated rings. The molecule has 16 N–H and O–H groups in total. The first-order valence-electron chi connectivity index (χ1n) is 16.7. The van der Waals surface area contributed by atoms with E-state index in [1.165, 1.54) is 0 Å². The minimum atomic E-state index is -2.30. The predicted molar refractivity (Wildman–Crippen MR) is 161 cm³/mol. The van der Waals surface area contributed by atoms with Gasteiger partial charge in [-0.2, -0.15) is 0 Å². The van der Waals surface area contributed by atoms with Crippen molar-refractivity contribution in [3.05, 3.63) is 0 Å². The second kappa shape index (κ2) is 19.1. The van der Waals surface area contributed by atoms with Gasteiger partial charge in [-0.15, -0.1) is 0 Å². The number of ether oxygens (including phenoxy) is 7. The highest BCUT2D eigenvalue weighted by Crippen LogP contribution is 2.36. The maximum Gasteiger partial charge on any atom is 0.372 e. The summed E-state index contributed by atoms with van der Waals surface area (Å²) in [5.41, 5.74) is 0. The number of aliphatic hydroxyl groups excluding tert-OH is 15. The molecule has 54 heavy (non-hydrogen) atoms. The molecule has 25 heteroatoms. The summed E-state index contributed by atoms with van der Waals surface area (Å²) in [6, 6.07) is 0. The monoisotopic (exact) mass is 796 g/mol. The molecule has 22 atom stereocenters.